The number of hydrogen-bond donors (Lipinski definition) is 1. The fourth-order valence-corrected chi connectivity index (χ4v) is 5.25. The van der Waals surface area contributed by atoms with E-state index in [1.54, 1.807) is 24.3 Å². The van der Waals surface area contributed by atoms with E-state index < -0.39 is 6.04 Å². The topological polar surface area (TPSA) is 101 Å². The van der Waals surface area contributed by atoms with E-state index in [1.165, 1.54) is 4.90 Å². The Morgan fingerprint density at radius 2 is 1.73 bits per heavy atom. The maximum Gasteiger partial charge on any atom is 0.239 e. The summed E-state index contributed by atoms with van der Waals surface area (Å²) in [6, 6.07) is 18.9. The molecule has 9 nitrogen and oxygen atoms in total. The third-order valence-corrected chi connectivity index (χ3v) is 7.56. The summed E-state index contributed by atoms with van der Waals surface area (Å²) in [5.41, 5.74) is 2.99. The molecule has 2 atom stereocenters. The summed E-state index contributed by atoms with van der Waals surface area (Å²) in [5, 5.41) is 3.06. The fraction of sp³-hybridized carbons (Fsp3) is 0.375. The summed E-state index contributed by atoms with van der Waals surface area (Å²) in [4.78, 5) is 46.3. The van der Waals surface area contributed by atoms with Crippen LogP contribution in [0.4, 0.5) is 0 Å². The highest BCUT2D eigenvalue weighted by atomic mass is 16.5. The van der Waals surface area contributed by atoms with Crippen molar-refractivity contribution in [2.75, 3.05) is 26.7 Å². The molecule has 5 rings (SSSR count). The van der Waals surface area contributed by atoms with Gasteiger partial charge in [0.15, 0.2) is 0 Å². The molecule has 9 heteroatoms. The zero-order valence-electron chi connectivity index (χ0n) is 23.3. The van der Waals surface area contributed by atoms with Gasteiger partial charge in [-0.15, -0.1) is 0 Å². The molecule has 0 spiro atoms. The number of likely N-dealkylation sites (tertiary alicyclic amines) is 1. The summed E-state index contributed by atoms with van der Waals surface area (Å²) >= 11 is 0. The average molecular weight is 557 g/mol. The first-order chi connectivity index (χ1) is 19.9. The quantitative estimate of drug-likeness (QED) is 0.530. The number of piperidine rings is 1. The monoisotopic (exact) mass is 556 g/mol. The van der Waals surface area contributed by atoms with Gasteiger partial charge in [-0.3, -0.25) is 19.4 Å². The molecule has 2 aromatic carbocycles. The summed E-state index contributed by atoms with van der Waals surface area (Å²) in [7, 11) is 1.63. The molecule has 0 saturated carbocycles. The van der Waals surface area contributed by atoms with Crippen molar-refractivity contribution in [1.82, 2.24) is 20.1 Å². The van der Waals surface area contributed by atoms with Crippen LogP contribution >= 0.6 is 0 Å². The Hall–Kier alpha value is -4.24. The van der Waals surface area contributed by atoms with Gasteiger partial charge < -0.3 is 24.6 Å². The minimum absolute atomic E-state index is 0.0364. The second kappa shape index (κ2) is 13.4. The van der Waals surface area contributed by atoms with Crippen LogP contribution in [0.1, 0.15) is 36.0 Å². The molecule has 1 N–H and O–H groups in total. The number of rotatable bonds is 3. The number of hydrogen-bond acceptors (Lipinski definition) is 6. The van der Waals surface area contributed by atoms with Crippen molar-refractivity contribution in [1.29, 1.82) is 0 Å². The molecular weight excluding hydrogens is 520 g/mol. The maximum absolute atomic E-state index is 13.1. The normalized spacial score (nSPS) is 20.2. The van der Waals surface area contributed by atoms with E-state index >= 15 is 0 Å². The molecule has 4 bridgehead atoms. The molecule has 0 aliphatic carbocycles. The fourth-order valence-electron chi connectivity index (χ4n) is 5.25. The molecule has 41 heavy (non-hydrogen) atoms. The Bertz CT molecular complexity index is 1360. The van der Waals surface area contributed by atoms with Crippen LogP contribution in [0.3, 0.4) is 0 Å². The molecule has 1 aromatic heterocycles. The van der Waals surface area contributed by atoms with Crippen LogP contribution in [0.2, 0.25) is 0 Å². The van der Waals surface area contributed by atoms with Gasteiger partial charge in [0.25, 0.3) is 0 Å². The standard InChI is InChI=1S/C32H36N4O5/c1-35-21-30(37)34-28-20-36(32(39)11-8-23-12-15-33-16-13-23)17-14-29(28)40-22-25-5-3-7-27(19-25)41-26-6-2-4-24(18-26)9-10-31(35)38/h2-7,12-13,15-16,18-19,28-29H,8-11,14,17,20-22H2,1H3,(H,34,37)/t28-,29+/m0/s1. The first-order valence-electron chi connectivity index (χ1n) is 14.1. The first-order valence-corrected chi connectivity index (χ1v) is 14.1. The summed E-state index contributed by atoms with van der Waals surface area (Å²) in [5.74, 6) is 1.03. The predicted molar refractivity (Wildman–Crippen MR) is 153 cm³/mol. The lowest BCUT2D eigenvalue weighted by molar-refractivity contribution is -0.138. The lowest BCUT2D eigenvalue weighted by atomic mass is 10.0. The van der Waals surface area contributed by atoms with E-state index in [0.717, 1.165) is 16.7 Å². The molecule has 3 amide bonds. The number of aryl methyl sites for hydroxylation is 2. The van der Waals surface area contributed by atoms with Crippen LogP contribution in [0, 0.1) is 0 Å². The highest BCUT2D eigenvalue weighted by Gasteiger charge is 2.33. The molecule has 2 aliphatic rings. The number of amides is 3. The number of nitrogens with zero attached hydrogens (tertiary/aromatic N) is 3. The lowest BCUT2D eigenvalue weighted by Gasteiger charge is -2.39. The average Bonchev–Trinajstić information content (AvgIpc) is 2.98. The Morgan fingerprint density at radius 1 is 1.00 bits per heavy atom. The smallest absolute Gasteiger partial charge is 0.239 e. The molecule has 3 aromatic rings. The molecule has 0 radical (unpaired) electrons. The van der Waals surface area contributed by atoms with Crippen LogP contribution in [0.25, 0.3) is 0 Å². The van der Waals surface area contributed by atoms with Crippen molar-refractivity contribution in [3.8, 4) is 11.5 Å². The molecule has 0 unspecified atom stereocenters. The molecule has 1 fully saturated rings. The Morgan fingerprint density at radius 3 is 2.51 bits per heavy atom. The van der Waals surface area contributed by atoms with Crippen LogP contribution in [0.15, 0.2) is 73.1 Å². The van der Waals surface area contributed by atoms with Gasteiger partial charge in [0, 0.05) is 45.4 Å². The number of aromatic nitrogens is 1. The number of nitrogens with one attached hydrogen (secondary N) is 1. The zero-order valence-corrected chi connectivity index (χ0v) is 23.3. The Labute approximate surface area is 240 Å². The van der Waals surface area contributed by atoms with Crippen molar-refractivity contribution in [2.24, 2.45) is 0 Å². The van der Waals surface area contributed by atoms with E-state index in [2.05, 4.69) is 10.3 Å². The van der Waals surface area contributed by atoms with Gasteiger partial charge >= 0.3 is 0 Å². The molecule has 214 valence electrons. The van der Waals surface area contributed by atoms with Crippen LogP contribution in [-0.2, 0) is 38.6 Å². The van der Waals surface area contributed by atoms with Gasteiger partial charge in [-0.25, -0.2) is 0 Å². The molecule has 1 saturated heterocycles. The van der Waals surface area contributed by atoms with Gasteiger partial charge in [-0.1, -0.05) is 24.3 Å². The number of ether oxygens (including phenoxy) is 2. The van der Waals surface area contributed by atoms with Crippen LogP contribution in [0.5, 0.6) is 11.5 Å². The maximum atomic E-state index is 13.1. The number of carbonyl (C=O) groups is 3. The Balaban J connectivity index is 1.31. The van der Waals surface area contributed by atoms with Crippen molar-refractivity contribution in [2.45, 2.75) is 50.9 Å². The zero-order chi connectivity index (χ0) is 28.6. The van der Waals surface area contributed by atoms with Crippen molar-refractivity contribution in [3.05, 3.63) is 89.7 Å². The summed E-state index contributed by atoms with van der Waals surface area (Å²) < 4.78 is 12.4. The highest BCUT2D eigenvalue weighted by molar-refractivity contribution is 5.85. The third-order valence-electron chi connectivity index (χ3n) is 7.56. The largest absolute Gasteiger partial charge is 0.457 e. The van der Waals surface area contributed by atoms with Crippen molar-refractivity contribution < 1.29 is 23.9 Å². The molecule has 2 aliphatic heterocycles. The van der Waals surface area contributed by atoms with E-state index in [1.807, 2.05) is 60.7 Å². The number of pyridine rings is 1. The van der Waals surface area contributed by atoms with Gasteiger partial charge in [0.2, 0.25) is 17.7 Å². The second-order valence-electron chi connectivity index (χ2n) is 10.7. The minimum Gasteiger partial charge on any atom is -0.457 e. The summed E-state index contributed by atoms with van der Waals surface area (Å²) in [6.45, 7) is 1.16. The van der Waals surface area contributed by atoms with Crippen molar-refractivity contribution in [3.63, 3.8) is 0 Å². The number of benzene rings is 2. The first kappa shape index (κ1) is 28.3. The van der Waals surface area contributed by atoms with E-state index in [9.17, 15) is 14.4 Å². The van der Waals surface area contributed by atoms with Gasteiger partial charge in [0.05, 0.1) is 25.3 Å². The van der Waals surface area contributed by atoms with E-state index in [0.29, 0.717) is 56.9 Å². The number of likely N-dealkylation sites (N-methyl/N-ethyl adjacent to an activating group) is 1. The van der Waals surface area contributed by atoms with Crippen LogP contribution in [-0.4, -0.2) is 71.3 Å². The Kier molecular flexibility index (Phi) is 9.26. The van der Waals surface area contributed by atoms with E-state index in [4.69, 9.17) is 9.47 Å². The minimum atomic E-state index is -0.400. The van der Waals surface area contributed by atoms with Crippen molar-refractivity contribution >= 4 is 17.7 Å². The number of fused-ring (bicyclic) bond motifs is 5. The van der Waals surface area contributed by atoms with Gasteiger partial charge in [-0.2, -0.15) is 0 Å². The SMILES string of the molecule is CN1CC(=O)N[C@H]2CN(C(=O)CCc3ccncc3)CC[C@H]2OCc2cccc(c2)Oc2cccc(c2)CCC1=O. The van der Waals surface area contributed by atoms with Gasteiger partial charge in [0.1, 0.15) is 11.5 Å². The highest BCUT2D eigenvalue weighted by Crippen LogP contribution is 2.25. The number of carbonyl (C=O) groups excluding carboxylic acids is 3. The summed E-state index contributed by atoms with van der Waals surface area (Å²) in [6.07, 6.45) is 5.57. The predicted octanol–water partition coefficient (Wildman–Crippen LogP) is 3.51. The van der Waals surface area contributed by atoms with E-state index in [-0.39, 0.29) is 36.8 Å². The van der Waals surface area contributed by atoms with Gasteiger partial charge in [-0.05, 0) is 72.4 Å². The van der Waals surface area contributed by atoms with Crippen LogP contribution < -0.4 is 10.1 Å². The molecular formula is C32H36N4O5. The second-order valence-corrected chi connectivity index (χ2v) is 10.7. The molecule has 3 heterocycles. The third kappa shape index (κ3) is 7.91. The lowest BCUT2D eigenvalue weighted by Crippen LogP contribution is -2.58.